The van der Waals surface area contributed by atoms with Crippen molar-refractivity contribution in [1.82, 2.24) is 4.57 Å². The Morgan fingerprint density at radius 3 is 2.39 bits per heavy atom. The predicted octanol–water partition coefficient (Wildman–Crippen LogP) is 5.49. The van der Waals surface area contributed by atoms with Crippen molar-refractivity contribution in [2.75, 3.05) is 0 Å². The molecule has 1 aliphatic rings. The molecule has 1 heterocycles. The van der Waals surface area contributed by atoms with Crippen molar-refractivity contribution in [1.29, 1.82) is 0 Å². The predicted molar refractivity (Wildman–Crippen MR) is 97.9 cm³/mol. The summed E-state index contributed by atoms with van der Waals surface area (Å²) in [5, 5.41) is 2.89. The Morgan fingerprint density at radius 2 is 1.52 bits per heavy atom. The molecule has 0 saturated carbocycles. The van der Waals surface area contributed by atoms with E-state index in [-0.39, 0.29) is 0 Å². The zero-order valence-electron chi connectivity index (χ0n) is 13.3. The number of aryl methyl sites for hydroxylation is 2. The van der Waals surface area contributed by atoms with Gasteiger partial charge in [0.2, 0.25) is 0 Å². The molecule has 0 fully saturated rings. The van der Waals surface area contributed by atoms with Gasteiger partial charge in [-0.3, -0.25) is 0 Å². The zero-order valence-corrected chi connectivity index (χ0v) is 13.3. The smallest absolute Gasteiger partial charge is 0.0497 e. The average molecular weight is 297 g/mol. The van der Waals surface area contributed by atoms with Crippen LogP contribution in [-0.2, 0) is 19.9 Å². The summed E-state index contributed by atoms with van der Waals surface area (Å²) in [5.74, 6) is 0. The van der Waals surface area contributed by atoms with Gasteiger partial charge in [0, 0.05) is 28.9 Å². The summed E-state index contributed by atoms with van der Waals surface area (Å²) in [6.07, 6.45) is 3.69. The highest BCUT2D eigenvalue weighted by molar-refractivity contribution is 6.11. The van der Waals surface area contributed by atoms with Crippen LogP contribution in [0.15, 0.2) is 60.7 Å². The summed E-state index contributed by atoms with van der Waals surface area (Å²) in [6.45, 7) is 0. The molecule has 5 rings (SSSR count). The minimum atomic E-state index is 1.21. The Morgan fingerprint density at radius 1 is 0.783 bits per heavy atom. The van der Waals surface area contributed by atoms with E-state index in [1.807, 2.05) is 0 Å². The number of rotatable bonds is 1. The first-order valence-corrected chi connectivity index (χ1v) is 8.42. The summed E-state index contributed by atoms with van der Waals surface area (Å²) in [4.78, 5) is 0. The van der Waals surface area contributed by atoms with Gasteiger partial charge < -0.3 is 4.57 Å². The second-order valence-electron chi connectivity index (χ2n) is 6.57. The van der Waals surface area contributed by atoms with E-state index in [2.05, 4.69) is 72.3 Å². The van der Waals surface area contributed by atoms with Crippen molar-refractivity contribution in [3.05, 3.63) is 71.8 Å². The van der Waals surface area contributed by atoms with Crippen LogP contribution in [0, 0.1) is 0 Å². The summed E-state index contributed by atoms with van der Waals surface area (Å²) in [5.41, 5.74) is 8.63. The van der Waals surface area contributed by atoms with Gasteiger partial charge in [-0.05, 0) is 53.6 Å². The molecule has 0 radical (unpaired) electrons. The number of hydrogen-bond donors (Lipinski definition) is 0. The Hall–Kier alpha value is -2.54. The molecule has 23 heavy (non-hydrogen) atoms. The topological polar surface area (TPSA) is 4.93 Å². The number of benzene rings is 3. The van der Waals surface area contributed by atoms with Gasteiger partial charge in [-0.2, -0.15) is 0 Å². The molecule has 0 spiro atoms. The van der Waals surface area contributed by atoms with Gasteiger partial charge in [-0.15, -0.1) is 0 Å². The van der Waals surface area contributed by atoms with E-state index < -0.39 is 0 Å². The number of para-hydroxylation sites is 1. The SMILES string of the molecule is Cn1c2ccccc2c2c3c(c(-c4ccccc4)cc21)CCC3. The lowest BCUT2D eigenvalue weighted by Crippen LogP contribution is -1.93. The second kappa shape index (κ2) is 4.73. The standard InChI is InChI=1S/C22H19N/c1-23-20-13-6-5-10-18(20)22-17-12-7-11-16(17)19(14-21(22)23)15-8-3-2-4-9-15/h2-6,8-10,13-14H,7,11-12H2,1H3. The molecule has 0 atom stereocenters. The molecule has 1 aromatic heterocycles. The van der Waals surface area contributed by atoms with Crippen LogP contribution in [0.5, 0.6) is 0 Å². The molecule has 3 aromatic carbocycles. The first-order chi connectivity index (χ1) is 11.3. The van der Waals surface area contributed by atoms with Gasteiger partial charge >= 0.3 is 0 Å². The zero-order chi connectivity index (χ0) is 15.4. The van der Waals surface area contributed by atoms with Crippen molar-refractivity contribution in [2.24, 2.45) is 7.05 Å². The molecular weight excluding hydrogens is 278 g/mol. The molecule has 0 bridgehead atoms. The van der Waals surface area contributed by atoms with Crippen LogP contribution >= 0.6 is 0 Å². The van der Waals surface area contributed by atoms with E-state index in [0.29, 0.717) is 0 Å². The van der Waals surface area contributed by atoms with Crippen LogP contribution in [0.25, 0.3) is 32.9 Å². The van der Waals surface area contributed by atoms with Crippen LogP contribution in [0.3, 0.4) is 0 Å². The quantitative estimate of drug-likeness (QED) is 0.438. The van der Waals surface area contributed by atoms with E-state index in [9.17, 15) is 0 Å². The third kappa shape index (κ3) is 1.74. The normalized spacial score (nSPS) is 13.8. The van der Waals surface area contributed by atoms with Crippen LogP contribution in [0.1, 0.15) is 17.5 Å². The summed E-state index contributed by atoms with van der Waals surface area (Å²) in [6, 6.07) is 22.1. The first kappa shape index (κ1) is 13.0. The van der Waals surface area contributed by atoms with E-state index in [4.69, 9.17) is 0 Å². The summed E-state index contributed by atoms with van der Waals surface area (Å²) < 4.78 is 2.36. The molecular formula is C22H19N. The number of hydrogen-bond acceptors (Lipinski definition) is 0. The molecule has 4 aromatic rings. The molecule has 0 aliphatic heterocycles. The van der Waals surface area contributed by atoms with Gasteiger partial charge in [0.05, 0.1) is 0 Å². The molecule has 1 heteroatoms. The van der Waals surface area contributed by atoms with Crippen molar-refractivity contribution in [3.63, 3.8) is 0 Å². The van der Waals surface area contributed by atoms with Gasteiger partial charge in [0.25, 0.3) is 0 Å². The number of aromatic nitrogens is 1. The Kier molecular flexibility index (Phi) is 2.66. The maximum Gasteiger partial charge on any atom is 0.0497 e. The minimum Gasteiger partial charge on any atom is -0.344 e. The fourth-order valence-electron chi connectivity index (χ4n) is 4.32. The molecule has 0 N–H and O–H groups in total. The van der Waals surface area contributed by atoms with Crippen molar-refractivity contribution in [3.8, 4) is 11.1 Å². The van der Waals surface area contributed by atoms with E-state index in [0.717, 1.165) is 0 Å². The molecule has 0 amide bonds. The molecule has 1 nitrogen and oxygen atoms in total. The highest BCUT2D eigenvalue weighted by Crippen LogP contribution is 2.41. The van der Waals surface area contributed by atoms with E-state index in [1.165, 1.54) is 52.2 Å². The third-order valence-electron chi connectivity index (χ3n) is 5.36. The third-order valence-corrected chi connectivity index (χ3v) is 5.36. The van der Waals surface area contributed by atoms with Gasteiger partial charge in [-0.1, -0.05) is 48.5 Å². The highest BCUT2D eigenvalue weighted by atomic mass is 14.9. The van der Waals surface area contributed by atoms with Crippen LogP contribution in [-0.4, -0.2) is 4.57 Å². The average Bonchev–Trinajstić information content (AvgIpc) is 3.19. The molecule has 0 saturated heterocycles. The number of fused-ring (bicyclic) bond motifs is 5. The van der Waals surface area contributed by atoms with Crippen LogP contribution in [0.2, 0.25) is 0 Å². The lowest BCUT2D eigenvalue weighted by Gasteiger charge is -2.11. The van der Waals surface area contributed by atoms with E-state index >= 15 is 0 Å². The van der Waals surface area contributed by atoms with Gasteiger partial charge in [-0.25, -0.2) is 0 Å². The first-order valence-electron chi connectivity index (χ1n) is 8.42. The van der Waals surface area contributed by atoms with E-state index in [1.54, 1.807) is 11.1 Å². The number of nitrogens with zero attached hydrogens (tertiary/aromatic N) is 1. The Labute approximate surface area is 136 Å². The maximum absolute atomic E-state index is 2.41. The minimum absolute atomic E-state index is 1.21. The Bertz CT molecular complexity index is 1040. The van der Waals surface area contributed by atoms with Crippen LogP contribution in [0.4, 0.5) is 0 Å². The lowest BCUT2D eigenvalue weighted by molar-refractivity contribution is 0.914. The Balaban J connectivity index is 1.97. The van der Waals surface area contributed by atoms with Crippen LogP contribution < -0.4 is 0 Å². The lowest BCUT2D eigenvalue weighted by atomic mass is 9.93. The maximum atomic E-state index is 2.41. The van der Waals surface area contributed by atoms with Gasteiger partial charge in [0.15, 0.2) is 0 Å². The molecule has 1 aliphatic carbocycles. The van der Waals surface area contributed by atoms with Crippen molar-refractivity contribution < 1.29 is 0 Å². The fourth-order valence-corrected chi connectivity index (χ4v) is 4.32. The largest absolute Gasteiger partial charge is 0.344 e. The monoisotopic (exact) mass is 297 g/mol. The summed E-state index contributed by atoms with van der Waals surface area (Å²) >= 11 is 0. The van der Waals surface area contributed by atoms with Crippen molar-refractivity contribution in [2.45, 2.75) is 19.3 Å². The summed E-state index contributed by atoms with van der Waals surface area (Å²) in [7, 11) is 2.20. The fraction of sp³-hybridized carbons (Fsp3) is 0.182. The molecule has 0 unspecified atom stereocenters. The molecule has 112 valence electrons. The van der Waals surface area contributed by atoms with Crippen molar-refractivity contribution >= 4 is 21.8 Å². The van der Waals surface area contributed by atoms with Gasteiger partial charge in [0.1, 0.15) is 0 Å². The highest BCUT2D eigenvalue weighted by Gasteiger charge is 2.22. The second-order valence-corrected chi connectivity index (χ2v) is 6.57.